The van der Waals surface area contributed by atoms with Crippen molar-refractivity contribution < 1.29 is 0 Å². The van der Waals surface area contributed by atoms with E-state index in [2.05, 4.69) is 61.2 Å². The summed E-state index contributed by atoms with van der Waals surface area (Å²) in [5.74, 6) is 0.478. The molecule has 104 valence electrons. The van der Waals surface area contributed by atoms with Crippen LogP contribution in [0.15, 0.2) is 48.5 Å². The van der Waals surface area contributed by atoms with Crippen LogP contribution >= 0.6 is 0 Å². The lowest BCUT2D eigenvalue weighted by atomic mass is 9.93. The summed E-state index contributed by atoms with van der Waals surface area (Å²) in [5.41, 5.74) is 11.0. The van der Waals surface area contributed by atoms with Crippen molar-refractivity contribution in [1.29, 1.82) is 0 Å². The minimum atomic E-state index is 0.478. The van der Waals surface area contributed by atoms with Crippen LogP contribution in [0.4, 0.5) is 17.1 Å². The number of fused-ring (bicyclic) bond motifs is 1. The molecular weight excluding hydrogens is 244 g/mol. The first-order valence-corrected chi connectivity index (χ1v) is 7.46. The van der Waals surface area contributed by atoms with Gasteiger partial charge in [0, 0.05) is 34.6 Å². The number of nitrogens with two attached hydrogens (primary N) is 1. The van der Waals surface area contributed by atoms with Crippen LogP contribution in [0.5, 0.6) is 0 Å². The fraction of sp³-hybridized carbons (Fsp3) is 0.333. The lowest BCUT2D eigenvalue weighted by Crippen LogP contribution is -2.29. The molecule has 1 heterocycles. The molecule has 2 heteroatoms. The van der Waals surface area contributed by atoms with Gasteiger partial charge in [-0.2, -0.15) is 0 Å². The first-order valence-electron chi connectivity index (χ1n) is 7.46. The largest absolute Gasteiger partial charge is 0.398 e. The van der Waals surface area contributed by atoms with E-state index in [0.717, 1.165) is 5.69 Å². The summed E-state index contributed by atoms with van der Waals surface area (Å²) in [4.78, 5) is 2.47. The topological polar surface area (TPSA) is 29.3 Å². The number of nitrogen functional groups attached to an aromatic ring is 1. The summed E-state index contributed by atoms with van der Waals surface area (Å²) in [5, 5.41) is 0. The van der Waals surface area contributed by atoms with Gasteiger partial charge >= 0.3 is 0 Å². The van der Waals surface area contributed by atoms with Crippen molar-refractivity contribution in [2.45, 2.75) is 38.6 Å². The Morgan fingerprint density at radius 1 is 1.05 bits per heavy atom. The summed E-state index contributed by atoms with van der Waals surface area (Å²) < 4.78 is 0. The highest BCUT2D eigenvalue weighted by atomic mass is 15.2. The maximum absolute atomic E-state index is 6.23. The van der Waals surface area contributed by atoms with Gasteiger partial charge in [0.1, 0.15) is 0 Å². The van der Waals surface area contributed by atoms with Crippen LogP contribution in [0, 0.1) is 0 Å². The van der Waals surface area contributed by atoms with Gasteiger partial charge in [-0.15, -0.1) is 0 Å². The zero-order valence-corrected chi connectivity index (χ0v) is 12.2. The van der Waals surface area contributed by atoms with E-state index < -0.39 is 0 Å². The molecule has 3 rings (SSSR count). The van der Waals surface area contributed by atoms with Gasteiger partial charge in [0.15, 0.2) is 0 Å². The SMILES string of the molecule is CCCC1C(C)c2c(N)cccc2N1c1ccccc1. The third-order valence-electron chi connectivity index (χ3n) is 4.36. The van der Waals surface area contributed by atoms with E-state index in [-0.39, 0.29) is 0 Å². The minimum Gasteiger partial charge on any atom is -0.398 e. The Hall–Kier alpha value is -1.96. The second kappa shape index (κ2) is 5.20. The third-order valence-corrected chi connectivity index (χ3v) is 4.36. The Morgan fingerprint density at radius 2 is 1.80 bits per heavy atom. The Bertz CT molecular complexity index is 592. The first-order chi connectivity index (χ1) is 9.74. The second-order valence-electron chi connectivity index (χ2n) is 5.63. The molecule has 2 atom stereocenters. The van der Waals surface area contributed by atoms with Crippen molar-refractivity contribution in [1.82, 2.24) is 0 Å². The third kappa shape index (κ3) is 1.96. The van der Waals surface area contributed by atoms with Crippen molar-refractivity contribution in [2.75, 3.05) is 10.6 Å². The molecule has 0 aliphatic carbocycles. The Balaban J connectivity index is 2.13. The fourth-order valence-corrected chi connectivity index (χ4v) is 3.47. The summed E-state index contributed by atoms with van der Waals surface area (Å²) >= 11 is 0. The highest BCUT2D eigenvalue weighted by molar-refractivity contribution is 5.77. The van der Waals surface area contributed by atoms with Crippen LogP contribution in [0.1, 0.15) is 38.2 Å². The lowest BCUT2D eigenvalue weighted by Gasteiger charge is -2.29. The van der Waals surface area contributed by atoms with E-state index in [1.807, 2.05) is 6.07 Å². The van der Waals surface area contributed by atoms with E-state index in [4.69, 9.17) is 5.73 Å². The highest BCUT2D eigenvalue weighted by Gasteiger charge is 2.36. The monoisotopic (exact) mass is 266 g/mol. The zero-order valence-electron chi connectivity index (χ0n) is 12.2. The molecule has 2 N–H and O–H groups in total. The Morgan fingerprint density at radius 3 is 2.50 bits per heavy atom. The van der Waals surface area contributed by atoms with Crippen molar-refractivity contribution in [3.05, 3.63) is 54.1 Å². The van der Waals surface area contributed by atoms with E-state index >= 15 is 0 Å². The van der Waals surface area contributed by atoms with Crippen LogP contribution in [-0.4, -0.2) is 6.04 Å². The molecule has 0 aromatic heterocycles. The molecule has 0 saturated carbocycles. The van der Waals surface area contributed by atoms with E-state index in [9.17, 15) is 0 Å². The maximum atomic E-state index is 6.23. The van der Waals surface area contributed by atoms with Gasteiger partial charge < -0.3 is 10.6 Å². The molecule has 2 aromatic rings. The van der Waals surface area contributed by atoms with Gasteiger partial charge in [0.05, 0.1) is 0 Å². The molecule has 0 saturated heterocycles. The number of para-hydroxylation sites is 1. The van der Waals surface area contributed by atoms with Crippen molar-refractivity contribution in [3.63, 3.8) is 0 Å². The van der Waals surface area contributed by atoms with Gasteiger partial charge in [0.25, 0.3) is 0 Å². The molecule has 2 unspecified atom stereocenters. The highest BCUT2D eigenvalue weighted by Crippen LogP contribution is 2.48. The van der Waals surface area contributed by atoms with Gasteiger partial charge in [0.2, 0.25) is 0 Å². The molecule has 1 aliphatic heterocycles. The van der Waals surface area contributed by atoms with Crippen LogP contribution in [0.3, 0.4) is 0 Å². The average Bonchev–Trinajstić information content (AvgIpc) is 2.75. The standard InChI is InChI=1S/C18H22N2/c1-3-8-16-13(2)18-15(19)11-7-12-17(18)20(16)14-9-5-4-6-10-14/h4-7,9-13,16H,3,8,19H2,1-2H3. The number of hydrogen-bond acceptors (Lipinski definition) is 2. The maximum Gasteiger partial charge on any atom is 0.0470 e. The van der Waals surface area contributed by atoms with E-state index in [0.29, 0.717) is 12.0 Å². The molecule has 0 amide bonds. The van der Waals surface area contributed by atoms with Crippen LogP contribution in [0.25, 0.3) is 0 Å². The average molecular weight is 266 g/mol. The predicted octanol–water partition coefficient (Wildman–Crippen LogP) is 4.69. The summed E-state index contributed by atoms with van der Waals surface area (Å²) in [6, 6.07) is 17.4. The van der Waals surface area contributed by atoms with Crippen molar-refractivity contribution >= 4 is 17.1 Å². The van der Waals surface area contributed by atoms with Gasteiger partial charge in [-0.25, -0.2) is 0 Å². The number of hydrogen-bond donors (Lipinski definition) is 1. The first kappa shape index (κ1) is 13.0. The minimum absolute atomic E-state index is 0.478. The van der Waals surface area contributed by atoms with Crippen molar-refractivity contribution in [3.8, 4) is 0 Å². The summed E-state index contributed by atoms with van der Waals surface area (Å²) in [7, 11) is 0. The smallest absolute Gasteiger partial charge is 0.0470 e. The number of anilines is 3. The molecule has 2 nitrogen and oxygen atoms in total. The van der Waals surface area contributed by atoms with E-state index in [1.165, 1.54) is 29.8 Å². The van der Waals surface area contributed by atoms with Gasteiger partial charge in [-0.3, -0.25) is 0 Å². The molecule has 0 spiro atoms. The summed E-state index contributed by atoms with van der Waals surface area (Å²) in [6.45, 7) is 4.56. The molecule has 0 fully saturated rings. The second-order valence-corrected chi connectivity index (χ2v) is 5.63. The number of nitrogens with zero attached hydrogens (tertiary/aromatic N) is 1. The molecule has 0 bridgehead atoms. The molecular formula is C18H22N2. The van der Waals surface area contributed by atoms with Gasteiger partial charge in [-0.1, -0.05) is 44.5 Å². The van der Waals surface area contributed by atoms with Crippen LogP contribution < -0.4 is 10.6 Å². The predicted molar refractivity (Wildman–Crippen MR) is 86.5 cm³/mol. The molecule has 20 heavy (non-hydrogen) atoms. The Kier molecular flexibility index (Phi) is 3.39. The zero-order chi connectivity index (χ0) is 14.1. The fourth-order valence-electron chi connectivity index (χ4n) is 3.47. The number of rotatable bonds is 3. The van der Waals surface area contributed by atoms with E-state index in [1.54, 1.807) is 0 Å². The van der Waals surface area contributed by atoms with Crippen molar-refractivity contribution in [2.24, 2.45) is 0 Å². The van der Waals surface area contributed by atoms with Gasteiger partial charge in [-0.05, 0) is 30.7 Å². The molecule has 0 radical (unpaired) electrons. The number of benzene rings is 2. The molecule has 2 aromatic carbocycles. The van der Waals surface area contributed by atoms with Crippen LogP contribution in [0.2, 0.25) is 0 Å². The summed E-state index contributed by atoms with van der Waals surface area (Å²) in [6.07, 6.45) is 2.37. The lowest BCUT2D eigenvalue weighted by molar-refractivity contribution is 0.544. The normalized spacial score (nSPS) is 21.0. The Labute approximate surface area is 121 Å². The van der Waals surface area contributed by atoms with Crippen LogP contribution in [-0.2, 0) is 0 Å². The molecule has 1 aliphatic rings. The quantitative estimate of drug-likeness (QED) is 0.816.